The molecule has 1 heterocycles. The first-order chi connectivity index (χ1) is 4.74. The van der Waals surface area contributed by atoms with Crippen molar-refractivity contribution in [3.63, 3.8) is 0 Å². The quantitative estimate of drug-likeness (QED) is 0.579. The van der Waals surface area contributed by atoms with E-state index in [1.165, 1.54) is 0 Å². The summed E-state index contributed by atoms with van der Waals surface area (Å²) in [6.45, 7) is 1.96. The van der Waals surface area contributed by atoms with Gasteiger partial charge in [-0.15, -0.1) is 0 Å². The Kier molecular flexibility index (Phi) is 1.91. The fraction of sp³-hybridized carbons (Fsp3) is 0.500. The molecular formula is C6H12N4. The summed E-state index contributed by atoms with van der Waals surface area (Å²) < 4.78 is 1.78. The van der Waals surface area contributed by atoms with Gasteiger partial charge in [-0.3, -0.25) is 4.68 Å². The largest absolute Gasteiger partial charge is 0.306 e. The minimum Gasteiger partial charge on any atom is -0.306 e. The van der Waals surface area contributed by atoms with Crippen molar-refractivity contribution < 1.29 is 0 Å². The standard InChI is InChI=1S/C6H12N4/c1-5-4-6(8-7-2)10(3)9-5/h4,7-8H,1-3H3. The van der Waals surface area contributed by atoms with Crippen LogP contribution in [0.1, 0.15) is 5.69 Å². The molecule has 0 fully saturated rings. The lowest BCUT2D eigenvalue weighted by Crippen LogP contribution is -2.17. The van der Waals surface area contributed by atoms with E-state index >= 15 is 0 Å². The average molecular weight is 140 g/mol. The number of rotatable bonds is 2. The molecule has 0 radical (unpaired) electrons. The van der Waals surface area contributed by atoms with Crippen LogP contribution < -0.4 is 10.9 Å². The van der Waals surface area contributed by atoms with Crippen molar-refractivity contribution in [1.29, 1.82) is 0 Å². The lowest BCUT2D eigenvalue weighted by molar-refractivity contribution is 0.749. The van der Waals surface area contributed by atoms with Crippen molar-refractivity contribution in [2.45, 2.75) is 6.92 Å². The van der Waals surface area contributed by atoms with Crippen molar-refractivity contribution in [2.75, 3.05) is 12.5 Å². The molecule has 0 aliphatic rings. The summed E-state index contributed by atoms with van der Waals surface area (Å²) in [4.78, 5) is 0. The third kappa shape index (κ3) is 1.27. The van der Waals surface area contributed by atoms with E-state index in [1.54, 1.807) is 4.68 Å². The highest BCUT2D eigenvalue weighted by Crippen LogP contribution is 2.05. The van der Waals surface area contributed by atoms with Crippen molar-refractivity contribution >= 4 is 5.82 Å². The Balaban J connectivity index is 2.81. The van der Waals surface area contributed by atoms with Crippen LogP contribution >= 0.6 is 0 Å². The highest BCUT2D eigenvalue weighted by atomic mass is 15.4. The van der Waals surface area contributed by atoms with Gasteiger partial charge in [0.2, 0.25) is 0 Å². The van der Waals surface area contributed by atoms with E-state index in [9.17, 15) is 0 Å². The minimum atomic E-state index is 0.972. The SMILES string of the molecule is CNNc1cc(C)nn1C. The molecule has 0 amide bonds. The zero-order valence-corrected chi connectivity index (χ0v) is 6.47. The molecule has 4 nitrogen and oxygen atoms in total. The molecule has 56 valence electrons. The van der Waals surface area contributed by atoms with Crippen molar-refractivity contribution in [3.8, 4) is 0 Å². The smallest absolute Gasteiger partial charge is 0.138 e. The molecular weight excluding hydrogens is 128 g/mol. The fourth-order valence-electron chi connectivity index (χ4n) is 0.856. The van der Waals surface area contributed by atoms with E-state index in [4.69, 9.17) is 0 Å². The zero-order chi connectivity index (χ0) is 7.56. The molecule has 4 heteroatoms. The molecule has 1 aromatic rings. The summed E-state index contributed by atoms with van der Waals surface area (Å²) in [6, 6.07) is 1.97. The molecule has 0 unspecified atom stereocenters. The maximum Gasteiger partial charge on any atom is 0.138 e. The second-order valence-electron chi connectivity index (χ2n) is 2.17. The number of anilines is 1. The van der Waals surface area contributed by atoms with Crippen molar-refractivity contribution in [3.05, 3.63) is 11.8 Å². The molecule has 10 heavy (non-hydrogen) atoms. The van der Waals surface area contributed by atoms with Crippen LogP contribution in [0.15, 0.2) is 6.07 Å². The Morgan fingerprint density at radius 1 is 1.60 bits per heavy atom. The van der Waals surface area contributed by atoms with Crippen LogP contribution in [-0.4, -0.2) is 16.8 Å². The summed E-state index contributed by atoms with van der Waals surface area (Å²) >= 11 is 0. The van der Waals surface area contributed by atoms with Crippen LogP contribution in [0.2, 0.25) is 0 Å². The molecule has 0 saturated heterocycles. The van der Waals surface area contributed by atoms with Gasteiger partial charge in [-0.25, -0.2) is 5.43 Å². The van der Waals surface area contributed by atoms with E-state index < -0.39 is 0 Å². The van der Waals surface area contributed by atoms with Gasteiger partial charge >= 0.3 is 0 Å². The van der Waals surface area contributed by atoms with E-state index in [0.29, 0.717) is 0 Å². The Hall–Kier alpha value is -1.03. The second-order valence-corrected chi connectivity index (χ2v) is 2.17. The maximum atomic E-state index is 4.14. The Labute approximate surface area is 60.2 Å². The Morgan fingerprint density at radius 3 is 2.70 bits per heavy atom. The van der Waals surface area contributed by atoms with Crippen molar-refractivity contribution in [2.24, 2.45) is 7.05 Å². The van der Waals surface area contributed by atoms with Crippen LogP contribution in [0.4, 0.5) is 5.82 Å². The monoisotopic (exact) mass is 140 g/mol. The van der Waals surface area contributed by atoms with Crippen LogP contribution in [0.3, 0.4) is 0 Å². The first-order valence-electron chi connectivity index (χ1n) is 3.17. The molecule has 0 aromatic carbocycles. The topological polar surface area (TPSA) is 41.9 Å². The predicted octanol–water partition coefficient (Wildman–Crippen LogP) is 0.275. The number of hydrazine groups is 1. The highest BCUT2D eigenvalue weighted by molar-refractivity contribution is 5.34. The van der Waals surface area contributed by atoms with Gasteiger partial charge in [-0.1, -0.05) is 0 Å². The average Bonchev–Trinajstić information content (AvgIpc) is 2.13. The third-order valence-corrected chi connectivity index (χ3v) is 1.26. The van der Waals surface area contributed by atoms with Gasteiger partial charge in [-0.2, -0.15) is 5.10 Å². The molecule has 0 bridgehead atoms. The van der Waals surface area contributed by atoms with Gasteiger partial charge < -0.3 is 5.43 Å². The van der Waals surface area contributed by atoms with Gasteiger partial charge in [0, 0.05) is 20.2 Å². The summed E-state index contributed by atoms with van der Waals surface area (Å²) in [5.74, 6) is 0.972. The number of hydrogen-bond acceptors (Lipinski definition) is 3. The lowest BCUT2D eigenvalue weighted by atomic mass is 10.5. The maximum absolute atomic E-state index is 4.14. The van der Waals surface area contributed by atoms with E-state index in [0.717, 1.165) is 11.5 Å². The highest BCUT2D eigenvalue weighted by Gasteiger charge is 1.97. The normalized spacial score (nSPS) is 9.90. The molecule has 1 rings (SSSR count). The first-order valence-corrected chi connectivity index (χ1v) is 3.17. The van der Waals surface area contributed by atoms with Crippen LogP contribution in [0.25, 0.3) is 0 Å². The summed E-state index contributed by atoms with van der Waals surface area (Å²) in [7, 11) is 3.72. The van der Waals surface area contributed by atoms with Crippen LogP contribution in [0.5, 0.6) is 0 Å². The zero-order valence-electron chi connectivity index (χ0n) is 6.47. The third-order valence-electron chi connectivity index (χ3n) is 1.26. The number of aryl methyl sites for hydroxylation is 2. The number of hydrogen-bond donors (Lipinski definition) is 2. The minimum absolute atomic E-state index is 0.972. The first kappa shape index (κ1) is 7.08. The molecule has 1 aromatic heterocycles. The Morgan fingerprint density at radius 2 is 2.30 bits per heavy atom. The van der Waals surface area contributed by atoms with E-state index in [-0.39, 0.29) is 0 Å². The summed E-state index contributed by atoms with van der Waals surface area (Å²) in [6.07, 6.45) is 0. The fourth-order valence-corrected chi connectivity index (χ4v) is 0.856. The van der Waals surface area contributed by atoms with Gasteiger partial charge in [-0.05, 0) is 6.92 Å². The van der Waals surface area contributed by atoms with Crippen LogP contribution in [-0.2, 0) is 7.05 Å². The predicted molar refractivity (Wildman–Crippen MR) is 40.6 cm³/mol. The van der Waals surface area contributed by atoms with Crippen LogP contribution in [0, 0.1) is 6.92 Å². The molecule has 0 aliphatic carbocycles. The van der Waals surface area contributed by atoms with E-state index in [1.807, 2.05) is 27.1 Å². The molecule has 2 N–H and O–H groups in total. The van der Waals surface area contributed by atoms with Crippen molar-refractivity contribution in [1.82, 2.24) is 15.2 Å². The Bertz CT molecular complexity index is 216. The summed E-state index contributed by atoms with van der Waals surface area (Å²) in [5.41, 5.74) is 6.79. The summed E-state index contributed by atoms with van der Waals surface area (Å²) in [5, 5.41) is 4.14. The lowest BCUT2D eigenvalue weighted by Gasteiger charge is -2.01. The molecule has 0 aliphatic heterocycles. The molecule has 0 saturated carbocycles. The number of nitrogens with one attached hydrogen (secondary N) is 2. The van der Waals surface area contributed by atoms with Gasteiger partial charge in [0.15, 0.2) is 0 Å². The second kappa shape index (κ2) is 2.70. The van der Waals surface area contributed by atoms with E-state index in [2.05, 4.69) is 16.0 Å². The van der Waals surface area contributed by atoms with Gasteiger partial charge in [0.1, 0.15) is 5.82 Å². The van der Waals surface area contributed by atoms with Gasteiger partial charge in [0.25, 0.3) is 0 Å². The number of aromatic nitrogens is 2. The molecule has 0 spiro atoms. The molecule has 0 atom stereocenters. The number of nitrogens with zero attached hydrogens (tertiary/aromatic N) is 2. The van der Waals surface area contributed by atoms with Gasteiger partial charge in [0.05, 0.1) is 5.69 Å².